The molecule has 0 aliphatic carbocycles. The summed E-state index contributed by atoms with van der Waals surface area (Å²) in [6, 6.07) is 14.1. The predicted octanol–water partition coefficient (Wildman–Crippen LogP) is 4.22. The lowest BCUT2D eigenvalue weighted by molar-refractivity contribution is -0.255. The summed E-state index contributed by atoms with van der Waals surface area (Å²) in [7, 11) is 0. The van der Waals surface area contributed by atoms with Crippen molar-refractivity contribution < 1.29 is 14.9 Å². The maximum Gasteiger partial charge on any atom is 0.150 e. The molecule has 1 atom stereocenters. The summed E-state index contributed by atoms with van der Waals surface area (Å²) >= 11 is 0. The van der Waals surface area contributed by atoms with Gasteiger partial charge in [0.15, 0.2) is 6.10 Å². The number of benzene rings is 2. The van der Waals surface area contributed by atoms with Crippen molar-refractivity contribution in [1.29, 1.82) is 0 Å². The van der Waals surface area contributed by atoms with Gasteiger partial charge in [0.05, 0.1) is 0 Å². The Morgan fingerprint density at radius 1 is 0.950 bits per heavy atom. The SMILES string of the molecule is Cc1ccc(C(COO)Oc2cc(C)ccc2C)cc1. The molecule has 0 fully saturated rings. The van der Waals surface area contributed by atoms with Crippen molar-refractivity contribution in [2.75, 3.05) is 6.61 Å². The van der Waals surface area contributed by atoms with Gasteiger partial charge in [-0.1, -0.05) is 42.0 Å². The first-order chi connectivity index (χ1) is 9.60. The summed E-state index contributed by atoms with van der Waals surface area (Å²) in [5, 5.41) is 8.77. The number of hydrogen-bond acceptors (Lipinski definition) is 3. The second-order valence-electron chi connectivity index (χ2n) is 5.08. The quantitative estimate of drug-likeness (QED) is 0.654. The van der Waals surface area contributed by atoms with Crippen molar-refractivity contribution in [2.45, 2.75) is 26.9 Å². The molecule has 0 aromatic heterocycles. The average molecular weight is 272 g/mol. The van der Waals surface area contributed by atoms with Gasteiger partial charge in [0, 0.05) is 0 Å². The molecule has 106 valence electrons. The first kappa shape index (κ1) is 14.6. The van der Waals surface area contributed by atoms with E-state index < -0.39 is 0 Å². The third-order valence-electron chi connectivity index (χ3n) is 3.29. The van der Waals surface area contributed by atoms with E-state index in [1.807, 2.05) is 63.2 Å². The first-order valence-electron chi connectivity index (χ1n) is 6.67. The molecule has 0 heterocycles. The molecule has 0 aliphatic heterocycles. The standard InChI is InChI=1S/C17H20O3/c1-12-5-8-15(9-6-12)17(11-19-18)20-16-10-13(2)4-7-14(16)3/h4-10,17-18H,11H2,1-3H3. The molecule has 0 radical (unpaired) electrons. The van der Waals surface area contributed by atoms with Crippen molar-refractivity contribution in [2.24, 2.45) is 0 Å². The van der Waals surface area contributed by atoms with Crippen LogP contribution in [0.15, 0.2) is 42.5 Å². The molecule has 2 rings (SSSR count). The molecule has 1 N–H and O–H groups in total. The lowest BCUT2D eigenvalue weighted by Gasteiger charge is -2.20. The van der Waals surface area contributed by atoms with E-state index in [2.05, 4.69) is 4.89 Å². The topological polar surface area (TPSA) is 38.7 Å². The van der Waals surface area contributed by atoms with Crippen LogP contribution in [0.1, 0.15) is 28.4 Å². The fourth-order valence-corrected chi connectivity index (χ4v) is 2.03. The molecular formula is C17H20O3. The molecule has 0 amide bonds. The highest BCUT2D eigenvalue weighted by atomic mass is 17.1. The van der Waals surface area contributed by atoms with E-state index >= 15 is 0 Å². The molecule has 3 heteroatoms. The van der Waals surface area contributed by atoms with Gasteiger partial charge in [-0.05, 0) is 43.5 Å². The van der Waals surface area contributed by atoms with Crippen LogP contribution in [0.2, 0.25) is 0 Å². The van der Waals surface area contributed by atoms with E-state index in [1.165, 1.54) is 5.56 Å². The van der Waals surface area contributed by atoms with E-state index in [1.54, 1.807) is 0 Å². The highest BCUT2D eigenvalue weighted by molar-refractivity contribution is 5.37. The van der Waals surface area contributed by atoms with Crippen LogP contribution in [0.3, 0.4) is 0 Å². The Balaban J connectivity index is 2.25. The molecule has 1 unspecified atom stereocenters. The zero-order chi connectivity index (χ0) is 14.5. The van der Waals surface area contributed by atoms with E-state index in [0.29, 0.717) is 0 Å². The van der Waals surface area contributed by atoms with Gasteiger partial charge in [-0.2, -0.15) is 0 Å². The molecule has 0 aliphatic rings. The number of rotatable bonds is 5. The number of hydrogen-bond donors (Lipinski definition) is 1. The van der Waals surface area contributed by atoms with E-state index in [0.717, 1.165) is 22.4 Å². The first-order valence-corrected chi connectivity index (χ1v) is 6.67. The van der Waals surface area contributed by atoms with Gasteiger partial charge in [-0.15, -0.1) is 0 Å². The second-order valence-corrected chi connectivity index (χ2v) is 5.08. The van der Waals surface area contributed by atoms with Crippen LogP contribution < -0.4 is 4.74 Å². The van der Waals surface area contributed by atoms with Crippen molar-refractivity contribution in [3.8, 4) is 5.75 Å². The smallest absolute Gasteiger partial charge is 0.150 e. The summed E-state index contributed by atoms with van der Waals surface area (Å²) in [5.74, 6) is 0.813. The van der Waals surface area contributed by atoms with Crippen LogP contribution in [0, 0.1) is 20.8 Å². The van der Waals surface area contributed by atoms with Crippen LogP contribution in [0.25, 0.3) is 0 Å². The third-order valence-corrected chi connectivity index (χ3v) is 3.29. The van der Waals surface area contributed by atoms with Gasteiger partial charge in [-0.25, -0.2) is 4.89 Å². The predicted molar refractivity (Wildman–Crippen MR) is 79.0 cm³/mol. The largest absolute Gasteiger partial charge is 0.483 e. The molecule has 0 saturated heterocycles. The summed E-state index contributed by atoms with van der Waals surface area (Å²) in [6.45, 7) is 6.15. The Kier molecular flexibility index (Phi) is 4.77. The third kappa shape index (κ3) is 3.59. The Hall–Kier alpha value is -1.84. The van der Waals surface area contributed by atoms with Gasteiger partial charge in [-0.3, -0.25) is 5.26 Å². The van der Waals surface area contributed by atoms with Gasteiger partial charge >= 0.3 is 0 Å². The van der Waals surface area contributed by atoms with Crippen LogP contribution >= 0.6 is 0 Å². The lowest BCUT2D eigenvalue weighted by Crippen LogP contribution is -2.14. The molecule has 0 spiro atoms. The maximum absolute atomic E-state index is 8.77. The minimum absolute atomic E-state index is 0.0937. The fourth-order valence-electron chi connectivity index (χ4n) is 2.03. The zero-order valence-electron chi connectivity index (χ0n) is 12.1. The normalized spacial score (nSPS) is 12.2. The van der Waals surface area contributed by atoms with Gasteiger partial charge in [0.2, 0.25) is 0 Å². The average Bonchev–Trinajstić information content (AvgIpc) is 2.43. The van der Waals surface area contributed by atoms with Crippen LogP contribution in [-0.2, 0) is 4.89 Å². The van der Waals surface area contributed by atoms with E-state index in [4.69, 9.17) is 9.99 Å². The van der Waals surface area contributed by atoms with Crippen molar-refractivity contribution in [3.63, 3.8) is 0 Å². The Morgan fingerprint density at radius 2 is 1.60 bits per heavy atom. The van der Waals surface area contributed by atoms with Gasteiger partial charge in [0.1, 0.15) is 12.4 Å². The lowest BCUT2D eigenvalue weighted by atomic mass is 10.1. The molecular weight excluding hydrogens is 252 g/mol. The van der Waals surface area contributed by atoms with E-state index in [9.17, 15) is 0 Å². The monoisotopic (exact) mass is 272 g/mol. The highest BCUT2D eigenvalue weighted by Crippen LogP contribution is 2.26. The molecule has 2 aromatic rings. The van der Waals surface area contributed by atoms with Crippen LogP contribution in [0.5, 0.6) is 5.75 Å². The maximum atomic E-state index is 8.77. The van der Waals surface area contributed by atoms with Gasteiger partial charge in [0.25, 0.3) is 0 Å². The summed E-state index contributed by atoms with van der Waals surface area (Å²) in [5.41, 5.74) is 4.36. The summed E-state index contributed by atoms with van der Waals surface area (Å²) in [4.78, 5) is 4.31. The molecule has 2 aromatic carbocycles. The molecule has 0 bridgehead atoms. The molecule has 20 heavy (non-hydrogen) atoms. The molecule has 0 saturated carbocycles. The number of aryl methyl sites for hydroxylation is 3. The number of ether oxygens (including phenoxy) is 1. The Morgan fingerprint density at radius 3 is 2.25 bits per heavy atom. The highest BCUT2D eigenvalue weighted by Gasteiger charge is 2.15. The molecule has 3 nitrogen and oxygen atoms in total. The Labute approximate surface area is 119 Å². The second kappa shape index (κ2) is 6.55. The summed E-state index contributed by atoms with van der Waals surface area (Å²) in [6.07, 6.45) is -0.332. The fraction of sp³-hybridized carbons (Fsp3) is 0.294. The van der Waals surface area contributed by atoms with Crippen LogP contribution in [0.4, 0.5) is 0 Å². The van der Waals surface area contributed by atoms with Crippen molar-refractivity contribution in [3.05, 3.63) is 64.7 Å². The van der Waals surface area contributed by atoms with Gasteiger partial charge < -0.3 is 4.74 Å². The van der Waals surface area contributed by atoms with Crippen molar-refractivity contribution in [1.82, 2.24) is 0 Å². The summed E-state index contributed by atoms with van der Waals surface area (Å²) < 4.78 is 6.01. The van der Waals surface area contributed by atoms with Crippen molar-refractivity contribution >= 4 is 0 Å². The van der Waals surface area contributed by atoms with E-state index in [-0.39, 0.29) is 12.7 Å². The van der Waals surface area contributed by atoms with Crippen LogP contribution in [-0.4, -0.2) is 11.9 Å². The zero-order valence-corrected chi connectivity index (χ0v) is 12.1. The Bertz CT molecular complexity index is 561. The minimum Gasteiger partial charge on any atom is -0.483 e. The minimum atomic E-state index is -0.332.